The fraction of sp³-hybridized carbons (Fsp3) is 0.235. The number of rotatable bonds is 3. The van der Waals surface area contributed by atoms with E-state index in [1.54, 1.807) is 13.0 Å². The van der Waals surface area contributed by atoms with Crippen LogP contribution in [-0.4, -0.2) is 19.2 Å². The molecule has 0 aliphatic carbocycles. The molecule has 0 fully saturated rings. The second-order valence-electron chi connectivity index (χ2n) is 4.75. The number of esters is 1. The van der Waals surface area contributed by atoms with E-state index in [0.29, 0.717) is 18.8 Å². The van der Waals surface area contributed by atoms with Crippen LogP contribution in [0.5, 0.6) is 5.75 Å². The molecule has 0 N–H and O–H groups in total. The Balaban J connectivity index is 1.96. The molecule has 1 aliphatic heterocycles. The average Bonchev–Trinajstić information content (AvgIpc) is 2.91. The maximum atomic E-state index is 11.8. The molecule has 0 saturated carbocycles. The Bertz CT molecular complexity index is 619. The largest absolute Gasteiger partial charge is 0.492 e. The van der Waals surface area contributed by atoms with E-state index in [1.807, 2.05) is 30.3 Å². The van der Waals surface area contributed by atoms with Gasteiger partial charge in [0.2, 0.25) is 0 Å². The van der Waals surface area contributed by atoms with Crippen molar-refractivity contribution in [1.82, 2.24) is 0 Å². The predicted octanol–water partition coefficient (Wildman–Crippen LogP) is 3.39. The monoisotopic (exact) mass is 268 g/mol. The predicted molar refractivity (Wildman–Crippen MR) is 76.2 cm³/mol. The van der Waals surface area contributed by atoms with Crippen LogP contribution in [0.1, 0.15) is 34.3 Å². The molecule has 0 spiro atoms. The first-order valence-corrected chi connectivity index (χ1v) is 6.78. The van der Waals surface area contributed by atoms with Crippen LogP contribution < -0.4 is 4.74 Å². The van der Waals surface area contributed by atoms with Gasteiger partial charge in [0.25, 0.3) is 0 Å². The standard InChI is InChI=1S/C17H16O3/c1-2-19-17(18)13-8-9-16-14(10-13)15(11-20-16)12-6-4-3-5-7-12/h3-10,15H,2,11H2,1H3. The number of carbonyl (C=O) groups is 1. The average molecular weight is 268 g/mol. The summed E-state index contributed by atoms with van der Waals surface area (Å²) in [6, 6.07) is 15.7. The number of fused-ring (bicyclic) bond motifs is 1. The second-order valence-corrected chi connectivity index (χ2v) is 4.75. The SMILES string of the molecule is CCOC(=O)c1ccc2c(c1)C(c1ccccc1)CO2. The van der Waals surface area contributed by atoms with E-state index in [1.165, 1.54) is 5.56 Å². The third-order valence-corrected chi connectivity index (χ3v) is 3.50. The minimum Gasteiger partial charge on any atom is -0.492 e. The first-order valence-electron chi connectivity index (χ1n) is 6.78. The molecule has 0 amide bonds. The van der Waals surface area contributed by atoms with Crippen molar-refractivity contribution in [3.05, 3.63) is 65.2 Å². The van der Waals surface area contributed by atoms with Crippen LogP contribution in [0, 0.1) is 0 Å². The zero-order chi connectivity index (χ0) is 13.9. The zero-order valence-corrected chi connectivity index (χ0v) is 11.3. The fourth-order valence-electron chi connectivity index (χ4n) is 2.52. The molecule has 1 heterocycles. The van der Waals surface area contributed by atoms with Gasteiger partial charge in [-0.15, -0.1) is 0 Å². The Labute approximate surface area is 118 Å². The first kappa shape index (κ1) is 12.7. The van der Waals surface area contributed by atoms with Crippen molar-refractivity contribution < 1.29 is 14.3 Å². The van der Waals surface area contributed by atoms with Crippen LogP contribution in [0.3, 0.4) is 0 Å². The first-order chi connectivity index (χ1) is 9.79. The van der Waals surface area contributed by atoms with Gasteiger partial charge in [-0.25, -0.2) is 4.79 Å². The van der Waals surface area contributed by atoms with Crippen molar-refractivity contribution in [2.45, 2.75) is 12.8 Å². The minimum atomic E-state index is -0.283. The summed E-state index contributed by atoms with van der Waals surface area (Å²) in [6.45, 7) is 2.81. The van der Waals surface area contributed by atoms with Gasteiger partial charge in [-0.05, 0) is 30.7 Å². The number of benzene rings is 2. The number of hydrogen-bond donors (Lipinski definition) is 0. The van der Waals surface area contributed by atoms with Crippen molar-refractivity contribution in [3.63, 3.8) is 0 Å². The fourth-order valence-corrected chi connectivity index (χ4v) is 2.52. The van der Waals surface area contributed by atoms with Crippen molar-refractivity contribution in [2.24, 2.45) is 0 Å². The molecular formula is C17H16O3. The quantitative estimate of drug-likeness (QED) is 0.800. The van der Waals surface area contributed by atoms with Crippen molar-refractivity contribution in [1.29, 1.82) is 0 Å². The van der Waals surface area contributed by atoms with Crippen LogP contribution in [0.25, 0.3) is 0 Å². The summed E-state index contributed by atoms with van der Waals surface area (Å²) < 4.78 is 10.8. The maximum absolute atomic E-state index is 11.8. The molecule has 20 heavy (non-hydrogen) atoms. The topological polar surface area (TPSA) is 35.5 Å². The highest BCUT2D eigenvalue weighted by Gasteiger charge is 2.26. The molecule has 2 aromatic carbocycles. The molecular weight excluding hydrogens is 252 g/mol. The molecule has 0 saturated heterocycles. The van der Waals surface area contributed by atoms with Gasteiger partial charge < -0.3 is 9.47 Å². The van der Waals surface area contributed by atoms with E-state index in [0.717, 1.165) is 11.3 Å². The van der Waals surface area contributed by atoms with Crippen LogP contribution in [-0.2, 0) is 4.74 Å². The smallest absolute Gasteiger partial charge is 0.338 e. The van der Waals surface area contributed by atoms with Crippen molar-refractivity contribution >= 4 is 5.97 Å². The van der Waals surface area contributed by atoms with E-state index in [9.17, 15) is 4.79 Å². The van der Waals surface area contributed by atoms with E-state index < -0.39 is 0 Å². The Hall–Kier alpha value is -2.29. The van der Waals surface area contributed by atoms with Gasteiger partial charge in [0.15, 0.2) is 0 Å². The van der Waals surface area contributed by atoms with Gasteiger partial charge in [-0.3, -0.25) is 0 Å². The van der Waals surface area contributed by atoms with Crippen LogP contribution in [0.15, 0.2) is 48.5 Å². The zero-order valence-electron chi connectivity index (χ0n) is 11.3. The van der Waals surface area contributed by atoms with E-state index in [2.05, 4.69) is 12.1 Å². The van der Waals surface area contributed by atoms with Crippen LogP contribution >= 0.6 is 0 Å². The highest BCUT2D eigenvalue weighted by atomic mass is 16.5. The molecule has 3 heteroatoms. The number of hydrogen-bond acceptors (Lipinski definition) is 3. The number of ether oxygens (including phenoxy) is 2. The Morgan fingerprint density at radius 3 is 2.80 bits per heavy atom. The molecule has 102 valence electrons. The van der Waals surface area contributed by atoms with Crippen molar-refractivity contribution in [3.8, 4) is 5.75 Å². The second kappa shape index (κ2) is 5.37. The van der Waals surface area contributed by atoms with Crippen molar-refractivity contribution in [2.75, 3.05) is 13.2 Å². The molecule has 2 aromatic rings. The molecule has 1 unspecified atom stereocenters. The lowest BCUT2D eigenvalue weighted by molar-refractivity contribution is 0.0526. The lowest BCUT2D eigenvalue weighted by Crippen LogP contribution is -2.06. The molecule has 1 atom stereocenters. The highest BCUT2D eigenvalue weighted by molar-refractivity contribution is 5.90. The summed E-state index contributed by atoms with van der Waals surface area (Å²) in [4.78, 5) is 11.8. The molecule has 0 aromatic heterocycles. The van der Waals surface area contributed by atoms with Gasteiger partial charge >= 0.3 is 5.97 Å². The maximum Gasteiger partial charge on any atom is 0.338 e. The van der Waals surface area contributed by atoms with E-state index in [-0.39, 0.29) is 11.9 Å². The van der Waals surface area contributed by atoms with E-state index in [4.69, 9.17) is 9.47 Å². The van der Waals surface area contributed by atoms with Gasteiger partial charge in [0.1, 0.15) is 5.75 Å². The normalized spacial score (nSPS) is 16.4. The molecule has 1 aliphatic rings. The summed E-state index contributed by atoms with van der Waals surface area (Å²) in [5, 5.41) is 0. The molecule has 0 bridgehead atoms. The van der Waals surface area contributed by atoms with Crippen LogP contribution in [0.4, 0.5) is 0 Å². The molecule has 3 rings (SSSR count). The third-order valence-electron chi connectivity index (χ3n) is 3.50. The van der Waals surface area contributed by atoms with Gasteiger partial charge in [0.05, 0.1) is 18.8 Å². The number of carbonyl (C=O) groups excluding carboxylic acids is 1. The highest BCUT2D eigenvalue weighted by Crippen LogP contribution is 2.38. The lowest BCUT2D eigenvalue weighted by atomic mass is 9.92. The Morgan fingerprint density at radius 1 is 1.25 bits per heavy atom. The molecule has 3 nitrogen and oxygen atoms in total. The summed E-state index contributed by atoms with van der Waals surface area (Å²) in [5.41, 5.74) is 2.84. The van der Waals surface area contributed by atoms with Gasteiger partial charge in [-0.1, -0.05) is 30.3 Å². The molecule has 0 radical (unpaired) electrons. The van der Waals surface area contributed by atoms with Gasteiger partial charge in [0, 0.05) is 11.5 Å². The van der Waals surface area contributed by atoms with Gasteiger partial charge in [-0.2, -0.15) is 0 Å². The van der Waals surface area contributed by atoms with Crippen LogP contribution in [0.2, 0.25) is 0 Å². The Kier molecular flexibility index (Phi) is 3.42. The lowest BCUT2D eigenvalue weighted by Gasteiger charge is -2.10. The Morgan fingerprint density at radius 2 is 2.05 bits per heavy atom. The third kappa shape index (κ3) is 2.27. The summed E-state index contributed by atoms with van der Waals surface area (Å²) in [6.07, 6.45) is 0. The summed E-state index contributed by atoms with van der Waals surface area (Å²) in [7, 11) is 0. The minimum absolute atomic E-state index is 0.181. The van der Waals surface area contributed by atoms with E-state index >= 15 is 0 Å². The summed E-state index contributed by atoms with van der Waals surface area (Å²) in [5.74, 6) is 0.751. The summed E-state index contributed by atoms with van der Waals surface area (Å²) >= 11 is 0.